The van der Waals surface area contributed by atoms with Crippen LogP contribution >= 0.6 is 0 Å². The molecule has 0 aromatic heterocycles. The first-order chi connectivity index (χ1) is 7.68. The van der Waals surface area contributed by atoms with Gasteiger partial charge in [-0.2, -0.15) is 0 Å². The number of nitrogens with one attached hydrogen (secondary N) is 1. The number of piperidine rings is 1. The zero-order valence-corrected chi connectivity index (χ0v) is 9.91. The maximum absolute atomic E-state index is 11.9. The Balaban J connectivity index is 2.08. The van der Waals surface area contributed by atoms with Gasteiger partial charge in [0.15, 0.2) is 0 Å². The van der Waals surface area contributed by atoms with Crippen molar-refractivity contribution in [3.63, 3.8) is 0 Å². The third-order valence-corrected chi connectivity index (χ3v) is 4.05. The van der Waals surface area contributed by atoms with Crippen molar-refractivity contribution in [1.82, 2.24) is 9.84 Å². The summed E-state index contributed by atoms with van der Waals surface area (Å²) in [7, 11) is -3.38. The van der Waals surface area contributed by atoms with Crippen LogP contribution in [-0.4, -0.2) is 26.5 Å². The van der Waals surface area contributed by atoms with Crippen LogP contribution in [0.5, 0.6) is 0 Å². The van der Waals surface area contributed by atoms with Gasteiger partial charge in [-0.25, -0.2) is 13.4 Å². The third-order valence-electron chi connectivity index (χ3n) is 2.66. The molecule has 1 saturated heterocycles. The van der Waals surface area contributed by atoms with Crippen LogP contribution < -0.4 is 4.83 Å². The molecule has 0 spiro atoms. The maximum Gasteiger partial charge on any atom is 0.253 e. The Labute approximate surface area is 96.3 Å². The normalized spacial score (nSPS) is 18.5. The van der Waals surface area contributed by atoms with Crippen LogP contribution in [0.25, 0.3) is 0 Å². The predicted octanol–water partition coefficient (Wildman–Crippen LogP) is 1.37. The van der Waals surface area contributed by atoms with Gasteiger partial charge in [-0.1, -0.05) is 24.6 Å². The minimum absolute atomic E-state index is 0.320. The minimum atomic E-state index is -3.38. The Morgan fingerprint density at radius 2 is 1.62 bits per heavy atom. The van der Waals surface area contributed by atoms with E-state index >= 15 is 0 Å². The lowest BCUT2D eigenvalue weighted by atomic mass is 10.2. The van der Waals surface area contributed by atoms with E-state index in [0.717, 1.165) is 25.9 Å². The van der Waals surface area contributed by atoms with Crippen molar-refractivity contribution >= 4 is 10.0 Å². The summed E-state index contributed by atoms with van der Waals surface area (Å²) in [6, 6.07) is 8.47. The molecule has 2 rings (SSSR count). The zero-order chi connectivity index (χ0) is 11.4. The van der Waals surface area contributed by atoms with Crippen molar-refractivity contribution in [2.75, 3.05) is 13.1 Å². The Bertz CT molecular complexity index is 425. The Hall–Kier alpha value is -0.910. The maximum atomic E-state index is 11.9. The second kappa shape index (κ2) is 4.95. The quantitative estimate of drug-likeness (QED) is 0.868. The second-order valence-corrected chi connectivity index (χ2v) is 5.62. The molecule has 1 N–H and O–H groups in total. The Kier molecular flexibility index (Phi) is 3.58. The molecule has 1 aromatic rings. The fourth-order valence-electron chi connectivity index (χ4n) is 1.81. The van der Waals surface area contributed by atoms with E-state index in [1.165, 1.54) is 6.42 Å². The minimum Gasteiger partial charge on any atom is -0.230 e. The number of hydrazine groups is 1. The molecule has 0 amide bonds. The van der Waals surface area contributed by atoms with Crippen molar-refractivity contribution in [3.8, 4) is 0 Å². The van der Waals surface area contributed by atoms with Crippen LogP contribution in [-0.2, 0) is 10.0 Å². The van der Waals surface area contributed by atoms with Gasteiger partial charge < -0.3 is 0 Å². The van der Waals surface area contributed by atoms with Gasteiger partial charge in [0.2, 0.25) is 0 Å². The molecule has 4 nitrogen and oxygen atoms in total. The number of nitrogens with zero attached hydrogens (tertiary/aromatic N) is 1. The highest BCUT2D eigenvalue weighted by atomic mass is 32.2. The average Bonchev–Trinajstić information content (AvgIpc) is 2.31. The SMILES string of the molecule is O=S(=O)(NN1CCCCC1)c1ccccc1. The van der Waals surface area contributed by atoms with Crippen molar-refractivity contribution in [3.05, 3.63) is 30.3 Å². The van der Waals surface area contributed by atoms with Gasteiger partial charge in [0, 0.05) is 13.1 Å². The van der Waals surface area contributed by atoms with E-state index in [4.69, 9.17) is 0 Å². The summed E-state index contributed by atoms with van der Waals surface area (Å²) in [5.41, 5.74) is 0. The van der Waals surface area contributed by atoms with Gasteiger partial charge in [0.25, 0.3) is 10.0 Å². The smallest absolute Gasteiger partial charge is 0.230 e. The predicted molar refractivity (Wildman–Crippen MR) is 62.2 cm³/mol. The van der Waals surface area contributed by atoms with Crippen LogP contribution in [0.2, 0.25) is 0 Å². The summed E-state index contributed by atoms with van der Waals surface area (Å²) >= 11 is 0. The summed E-state index contributed by atoms with van der Waals surface area (Å²) in [6.07, 6.45) is 3.29. The van der Waals surface area contributed by atoms with Gasteiger partial charge in [-0.15, -0.1) is 4.83 Å². The van der Waals surface area contributed by atoms with Crippen molar-refractivity contribution in [2.45, 2.75) is 24.2 Å². The number of benzene rings is 1. The summed E-state index contributed by atoms with van der Waals surface area (Å²) in [5.74, 6) is 0. The molecule has 0 unspecified atom stereocenters. The summed E-state index contributed by atoms with van der Waals surface area (Å²) in [5, 5.41) is 1.78. The van der Waals surface area contributed by atoms with Crippen LogP contribution in [0.1, 0.15) is 19.3 Å². The first-order valence-corrected chi connectivity index (χ1v) is 6.99. The highest BCUT2D eigenvalue weighted by Gasteiger charge is 2.19. The molecular weight excluding hydrogens is 224 g/mol. The van der Waals surface area contributed by atoms with Gasteiger partial charge in [-0.05, 0) is 25.0 Å². The molecular formula is C11H16N2O2S. The lowest BCUT2D eigenvalue weighted by Gasteiger charge is -2.26. The van der Waals surface area contributed by atoms with E-state index in [2.05, 4.69) is 4.83 Å². The molecule has 0 atom stereocenters. The van der Waals surface area contributed by atoms with E-state index in [0.29, 0.717) is 4.90 Å². The molecule has 0 saturated carbocycles. The first kappa shape index (κ1) is 11.6. The number of rotatable bonds is 3. The fraction of sp³-hybridized carbons (Fsp3) is 0.455. The van der Waals surface area contributed by atoms with Crippen LogP contribution in [0.3, 0.4) is 0 Å². The van der Waals surface area contributed by atoms with E-state index in [1.54, 1.807) is 35.3 Å². The molecule has 16 heavy (non-hydrogen) atoms. The third kappa shape index (κ3) is 2.81. The van der Waals surface area contributed by atoms with E-state index in [9.17, 15) is 8.42 Å². The zero-order valence-electron chi connectivity index (χ0n) is 9.09. The molecule has 1 heterocycles. The molecule has 1 fully saturated rings. The summed E-state index contributed by atoms with van der Waals surface area (Å²) < 4.78 is 23.9. The molecule has 1 aromatic carbocycles. The first-order valence-electron chi connectivity index (χ1n) is 5.51. The highest BCUT2D eigenvalue weighted by Crippen LogP contribution is 2.11. The van der Waals surface area contributed by atoms with E-state index < -0.39 is 10.0 Å². The van der Waals surface area contributed by atoms with Gasteiger partial charge in [0.05, 0.1) is 4.90 Å². The molecule has 5 heteroatoms. The molecule has 0 aliphatic carbocycles. The van der Waals surface area contributed by atoms with Gasteiger partial charge >= 0.3 is 0 Å². The Morgan fingerprint density at radius 1 is 1.00 bits per heavy atom. The molecule has 88 valence electrons. The van der Waals surface area contributed by atoms with Crippen LogP contribution in [0, 0.1) is 0 Å². The van der Waals surface area contributed by atoms with E-state index in [-0.39, 0.29) is 0 Å². The lowest BCUT2D eigenvalue weighted by Crippen LogP contribution is -2.44. The molecule has 0 radical (unpaired) electrons. The summed E-state index contributed by atoms with van der Waals surface area (Å²) in [4.78, 5) is 2.94. The largest absolute Gasteiger partial charge is 0.253 e. The second-order valence-electron chi connectivity index (χ2n) is 3.96. The molecule has 1 aliphatic rings. The molecule has 0 bridgehead atoms. The topological polar surface area (TPSA) is 49.4 Å². The monoisotopic (exact) mass is 240 g/mol. The standard InChI is InChI=1S/C11H16N2O2S/c14-16(15,11-7-3-1-4-8-11)12-13-9-5-2-6-10-13/h1,3-4,7-8,12H,2,5-6,9-10H2. The highest BCUT2D eigenvalue weighted by molar-refractivity contribution is 7.89. The van der Waals surface area contributed by atoms with Crippen molar-refractivity contribution in [2.24, 2.45) is 0 Å². The number of hydrogen-bond donors (Lipinski definition) is 1. The van der Waals surface area contributed by atoms with Crippen molar-refractivity contribution in [1.29, 1.82) is 0 Å². The lowest BCUT2D eigenvalue weighted by molar-refractivity contribution is 0.200. The number of sulfonamides is 1. The fourth-order valence-corrected chi connectivity index (χ4v) is 2.95. The van der Waals surface area contributed by atoms with E-state index in [1.807, 2.05) is 0 Å². The summed E-state index contributed by atoms with van der Waals surface area (Å²) in [6.45, 7) is 1.60. The van der Waals surface area contributed by atoms with Crippen LogP contribution in [0.15, 0.2) is 35.2 Å². The Morgan fingerprint density at radius 3 is 2.25 bits per heavy atom. The van der Waals surface area contributed by atoms with Crippen LogP contribution in [0.4, 0.5) is 0 Å². The number of hydrogen-bond acceptors (Lipinski definition) is 3. The van der Waals surface area contributed by atoms with Crippen molar-refractivity contribution < 1.29 is 8.42 Å². The van der Waals surface area contributed by atoms with Gasteiger partial charge in [-0.3, -0.25) is 0 Å². The van der Waals surface area contributed by atoms with Gasteiger partial charge in [0.1, 0.15) is 0 Å². The molecule has 1 aliphatic heterocycles. The average molecular weight is 240 g/mol.